The zero-order valence-corrected chi connectivity index (χ0v) is 13.0. The number of nitrogens with one attached hydrogen (secondary N) is 3. The second-order valence-electron chi connectivity index (χ2n) is 5.14. The number of phenolic OH excluding ortho intramolecular Hbond substituents is 1. The predicted molar refractivity (Wildman–Crippen MR) is 82.3 cm³/mol. The van der Waals surface area contributed by atoms with Gasteiger partial charge >= 0.3 is 6.18 Å². The van der Waals surface area contributed by atoms with E-state index in [1.807, 2.05) is 0 Å². The first-order valence-corrected chi connectivity index (χ1v) is 6.84. The van der Waals surface area contributed by atoms with E-state index in [1.165, 1.54) is 0 Å². The van der Waals surface area contributed by atoms with Crippen LogP contribution in [0.1, 0.15) is 27.3 Å². The molecule has 0 spiro atoms. The zero-order chi connectivity index (χ0) is 16.6. The minimum atomic E-state index is -4.57. The summed E-state index contributed by atoms with van der Waals surface area (Å²) in [6.45, 7) is 1.20. The topological polar surface area (TPSA) is 90.0 Å². The number of anilines is 1. The van der Waals surface area contributed by atoms with Crippen LogP contribution in [0.4, 0.5) is 18.9 Å². The average Bonchev–Trinajstić information content (AvgIpc) is 2.92. The first kappa shape index (κ1) is 18.1. The number of aromatic amines is 1. The third-order valence-electron chi connectivity index (χ3n) is 3.59. The second kappa shape index (κ2) is 6.70. The Bertz CT molecular complexity index is 761. The Morgan fingerprint density at radius 1 is 1.33 bits per heavy atom. The Morgan fingerprint density at radius 3 is 2.79 bits per heavy atom. The lowest BCUT2D eigenvalue weighted by molar-refractivity contribution is -0.137. The summed E-state index contributed by atoms with van der Waals surface area (Å²) in [5, 5.41) is 21.7. The van der Waals surface area contributed by atoms with Gasteiger partial charge in [0, 0.05) is 30.8 Å². The van der Waals surface area contributed by atoms with E-state index in [0.29, 0.717) is 24.6 Å². The van der Waals surface area contributed by atoms with Crippen LogP contribution in [-0.4, -0.2) is 27.8 Å². The van der Waals surface area contributed by atoms with Gasteiger partial charge in [0.15, 0.2) is 5.69 Å². The quantitative estimate of drug-likeness (QED) is 0.618. The van der Waals surface area contributed by atoms with Gasteiger partial charge in [-0.15, -0.1) is 12.4 Å². The molecule has 1 aromatic heterocycles. The average molecular weight is 363 g/mol. The highest BCUT2D eigenvalue weighted by Crippen LogP contribution is 2.34. The number of amides is 1. The number of fused-ring (bicyclic) bond motifs is 1. The molecule has 1 aliphatic rings. The molecule has 1 amide bonds. The number of benzene rings is 1. The van der Waals surface area contributed by atoms with Gasteiger partial charge < -0.3 is 15.7 Å². The number of hydrogen-bond acceptors (Lipinski definition) is 4. The van der Waals surface area contributed by atoms with E-state index >= 15 is 0 Å². The van der Waals surface area contributed by atoms with Crippen molar-refractivity contribution in [3.63, 3.8) is 0 Å². The summed E-state index contributed by atoms with van der Waals surface area (Å²) in [5.74, 6) is -1.13. The van der Waals surface area contributed by atoms with Gasteiger partial charge in [0.2, 0.25) is 0 Å². The van der Waals surface area contributed by atoms with E-state index in [4.69, 9.17) is 0 Å². The summed E-state index contributed by atoms with van der Waals surface area (Å²) in [6, 6.07) is 2.32. The molecule has 0 fully saturated rings. The monoisotopic (exact) mass is 362 g/mol. The van der Waals surface area contributed by atoms with Crippen molar-refractivity contribution in [1.82, 2.24) is 15.5 Å². The number of aromatic nitrogens is 2. The summed E-state index contributed by atoms with van der Waals surface area (Å²) in [4.78, 5) is 12.2. The third kappa shape index (κ3) is 3.46. The van der Waals surface area contributed by atoms with Crippen LogP contribution in [0.15, 0.2) is 18.2 Å². The van der Waals surface area contributed by atoms with Gasteiger partial charge in [0.05, 0.1) is 11.3 Å². The Balaban J connectivity index is 0.00000208. The second-order valence-corrected chi connectivity index (χ2v) is 5.14. The molecule has 10 heteroatoms. The van der Waals surface area contributed by atoms with Crippen molar-refractivity contribution in [2.45, 2.75) is 19.1 Å². The molecular formula is C14H14ClF3N4O2. The Labute approximate surface area is 140 Å². The molecule has 24 heavy (non-hydrogen) atoms. The van der Waals surface area contributed by atoms with E-state index in [-0.39, 0.29) is 23.8 Å². The molecular weight excluding hydrogens is 349 g/mol. The molecule has 1 aliphatic heterocycles. The van der Waals surface area contributed by atoms with E-state index in [0.717, 1.165) is 24.4 Å². The lowest BCUT2D eigenvalue weighted by Crippen LogP contribution is -2.25. The van der Waals surface area contributed by atoms with Gasteiger partial charge in [-0.2, -0.15) is 18.3 Å². The van der Waals surface area contributed by atoms with Crippen molar-refractivity contribution in [3.8, 4) is 5.75 Å². The van der Waals surface area contributed by atoms with Gasteiger partial charge in [-0.1, -0.05) is 0 Å². The van der Waals surface area contributed by atoms with E-state index in [2.05, 4.69) is 20.8 Å². The largest absolute Gasteiger partial charge is 0.506 e. The Kier molecular flexibility index (Phi) is 5.05. The van der Waals surface area contributed by atoms with Gasteiger partial charge in [-0.3, -0.25) is 9.89 Å². The van der Waals surface area contributed by atoms with Gasteiger partial charge in [-0.25, -0.2) is 0 Å². The number of alkyl halides is 3. The number of hydrogen-bond donors (Lipinski definition) is 4. The maximum Gasteiger partial charge on any atom is 0.416 e. The fraction of sp³-hybridized carbons (Fsp3) is 0.286. The molecule has 2 heterocycles. The van der Waals surface area contributed by atoms with E-state index in [9.17, 15) is 23.1 Å². The summed E-state index contributed by atoms with van der Waals surface area (Å²) < 4.78 is 38.1. The Morgan fingerprint density at radius 2 is 2.08 bits per heavy atom. The molecule has 0 unspecified atom stereocenters. The van der Waals surface area contributed by atoms with Crippen molar-refractivity contribution < 1.29 is 23.1 Å². The number of H-pyrrole nitrogens is 1. The first-order valence-electron chi connectivity index (χ1n) is 6.84. The molecule has 0 bridgehead atoms. The van der Waals surface area contributed by atoms with E-state index < -0.39 is 23.4 Å². The maximum atomic E-state index is 12.7. The molecule has 2 aromatic rings. The molecule has 0 saturated heterocycles. The fourth-order valence-electron chi connectivity index (χ4n) is 2.41. The standard InChI is InChI=1S/C14H13F3N4O2.ClH/c15-14(16,17)7-1-2-11(22)10(5-7)19-13(23)12-8-6-18-4-3-9(8)20-21-12;/h1-2,5,18,22H,3-4,6H2,(H,19,23)(H,20,21);1H. The van der Waals surface area contributed by atoms with Crippen molar-refractivity contribution in [3.05, 3.63) is 40.7 Å². The fourth-order valence-corrected chi connectivity index (χ4v) is 2.41. The summed E-state index contributed by atoms with van der Waals surface area (Å²) in [6.07, 6.45) is -3.88. The minimum Gasteiger partial charge on any atom is -0.506 e. The van der Waals surface area contributed by atoms with Crippen molar-refractivity contribution in [1.29, 1.82) is 0 Å². The number of phenols is 1. The van der Waals surface area contributed by atoms with Crippen molar-refractivity contribution in [2.75, 3.05) is 11.9 Å². The van der Waals surface area contributed by atoms with Crippen molar-refractivity contribution in [2.24, 2.45) is 0 Å². The molecule has 0 aliphatic carbocycles. The summed E-state index contributed by atoms with van der Waals surface area (Å²) in [7, 11) is 0. The number of aromatic hydroxyl groups is 1. The molecule has 1 aromatic carbocycles. The van der Waals surface area contributed by atoms with E-state index in [1.54, 1.807) is 0 Å². The van der Waals surface area contributed by atoms with Crippen LogP contribution in [0, 0.1) is 0 Å². The molecule has 130 valence electrons. The number of rotatable bonds is 2. The van der Waals surface area contributed by atoms with Crippen LogP contribution in [-0.2, 0) is 19.1 Å². The van der Waals surface area contributed by atoms with Crippen LogP contribution in [0.25, 0.3) is 0 Å². The van der Waals surface area contributed by atoms with Crippen LogP contribution < -0.4 is 10.6 Å². The van der Waals surface area contributed by atoms with Gasteiger partial charge in [0.1, 0.15) is 5.75 Å². The number of nitrogens with zero attached hydrogens (tertiary/aromatic N) is 1. The van der Waals surface area contributed by atoms with Gasteiger partial charge in [0.25, 0.3) is 5.91 Å². The molecule has 0 saturated carbocycles. The molecule has 3 rings (SSSR count). The normalized spacial score (nSPS) is 13.8. The van der Waals surface area contributed by atoms with Crippen LogP contribution in [0.3, 0.4) is 0 Å². The minimum absolute atomic E-state index is 0. The molecule has 0 atom stereocenters. The lowest BCUT2D eigenvalue weighted by atomic mass is 10.1. The highest BCUT2D eigenvalue weighted by atomic mass is 35.5. The molecule has 0 radical (unpaired) electrons. The third-order valence-corrected chi connectivity index (χ3v) is 3.59. The summed E-state index contributed by atoms with van der Waals surface area (Å²) >= 11 is 0. The maximum absolute atomic E-state index is 12.7. The van der Waals surface area contributed by atoms with Crippen molar-refractivity contribution >= 4 is 24.0 Å². The number of halogens is 4. The number of carbonyl (C=O) groups is 1. The van der Waals surface area contributed by atoms with Crippen LogP contribution >= 0.6 is 12.4 Å². The Hall–Kier alpha value is -2.26. The van der Waals surface area contributed by atoms with Crippen LogP contribution in [0.2, 0.25) is 0 Å². The molecule has 6 nitrogen and oxygen atoms in total. The zero-order valence-electron chi connectivity index (χ0n) is 12.2. The van der Waals surface area contributed by atoms with Gasteiger partial charge in [-0.05, 0) is 18.2 Å². The smallest absolute Gasteiger partial charge is 0.416 e. The molecule has 4 N–H and O–H groups in total. The highest BCUT2D eigenvalue weighted by Gasteiger charge is 2.31. The predicted octanol–water partition coefficient (Wildman–Crippen LogP) is 2.45. The first-order chi connectivity index (χ1) is 10.9. The SMILES string of the molecule is Cl.O=C(Nc1cc(C(F)(F)F)ccc1O)c1n[nH]c2c1CNCC2. The summed E-state index contributed by atoms with van der Waals surface area (Å²) in [5.41, 5.74) is 0.327. The van der Waals surface area contributed by atoms with Crippen LogP contribution in [0.5, 0.6) is 5.75 Å². The lowest BCUT2D eigenvalue weighted by Gasteiger charge is -2.14. The highest BCUT2D eigenvalue weighted by molar-refractivity contribution is 6.04. The number of carbonyl (C=O) groups excluding carboxylic acids is 1.